The van der Waals surface area contributed by atoms with E-state index in [1.54, 1.807) is 0 Å². The molecule has 0 bridgehead atoms. The molecule has 0 spiro atoms. The Kier molecular flexibility index (Phi) is 8.21. The molecule has 0 aliphatic carbocycles. The van der Waals surface area contributed by atoms with Crippen LogP contribution < -0.4 is 0 Å². The van der Waals surface area contributed by atoms with Gasteiger partial charge in [0, 0.05) is 27.6 Å². The molecule has 0 atom stereocenters. The maximum Gasteiger partial charge on any atom is 0.162 e. The van der Waals surface area contributed by atoms with Crippen LogP contribution in [0.3, 0.4) is 0 Å². The van der Waals surface area contributed by atoms with Gasteiger partial charge in [-0.25, -0.2) is 9.98 Å². The summed E-state index contributed by atoms with van der Waals surface area (Å²) in [5.74, 6) is 0.666. The topological polar surface area (TPSA) is 29.6 Å². The molecule has 222 valence electrons. The van der Waals surface area contributed by atoms with Crippen molar-refractivity contribution in [3.63, 3.8) is 0 Å². The van der Waals surface area contributed by atoms with Gasteiger partial charge in [0.05, 0.1) is 22.4 Å². The summed E-state index contributed by atoms with van der Waals surface area (Å²) in [4.78, 5) is 10.8. The number of amidine groups is 1. The molecule has 0 unspecified atom stereocenters. The summed E-state index contributed by atoms with van der Waals surface area (Å²) in [7, 11) is 0. The van der Waals surface area contributed by atoms with Crippen LogP contribution >= 0.6 is 0 Å². The molecule has 3 nitrogen and oxygen atoms in total. The predicted octanol–water partition coefficient (Wildman–Crippen LogP) is 11.2. The van der Waals surface area contributed by atoms with Crippen molar-refractivity contribution in [2.45, 2.75) is 20.3 Å². The monoisotopic (exact) mass is 593 g/mol. The van der Waals surface area contributed by atoms with E-state index in [0.717, 1.165) is 62.4 Å². The number of para-hydroxylation sites is 3. The second-order valence-corrected chi connectivity index (χ2v) is 11.3. The third-order valence-electron chi connectivity index (χ3n) is 8.32. The fourth-order valence-electron chi connectivity index (χ4n) is 6.17. The summed E-state index contributed by atoms with van der Waals surface area (Å²) < 4.78 is 2.40. The number of fused-ring (bicyclic) bond motifs is 3. The molecule has 7 aromatic rings. The van der Waals surface area contributed by atoms with Crippen molar-refractivity contribution in [2.24, 2.45) is 9.98 Å². The van der Waals surface area contributed by atoms with Gasteiger partial charge in [0.25, 0.3) is 0 Å². The molecule has 6 aromatic carbocycles. The van der Waals surface area contributed by atoms with E-state index in [-0.39, 0.29) is 0 Å². The smallest absolute Gasteiger partial charge is 0.162 e. The van der Waals surface area contributed by atoms with Crippen molar-refractivity contribution in [1.82, 2.24) is 4.57 Å². The maximum atomic E-state index is 5.41. The Morgan fingerprint density at radius 2 is 1.11 bits per heavy atom. The molecule has 1 aromatic heterocycles. The summed E-state index contributed by atoms with van der Waals surface area (Å²) >= 11 is 0. The van der Waals surface area contributed by atoms with Crippen LogP contribution in [0.5, 0.6) is 0 Å². The Balaban J connectivity index is 1.60. The number of hydrogen-bond donors (Lipinski definition) is 0. The van der Waals surface area contributed by atoms with Crippen molar-refractivity contribution in [3.05, 3.63) is 180 Å². The van der Waals surface area contributed by atoms with Crippen LogP contribution in [0.15, 0.2) is 174 Å². The number of aromatic nitrogens is 1. The summed E-state index contributed by atoms with van der Waals surface area (Å²) in [6.45, 7) is 4.22. The summed E-state index contributed by atoms with van der Waals surface area (Å²) in [6.07, 6.45) is 3.04. The van der Waals surface area contributed by atoms with Gasteiger partial charge in [0.1, 0.15) is 0 Å². The highest BCUT2D eigenvalue weighted by atomic mass is 15.0. The standard InChI is InChI=1S/C43H35N3/c1-3-18-39(34-23-11-6-12-24-34)45-43(44-31(2)32-19-7-4-8-20-32)38-28-17-27-35(33-21-9-5-10-22-33)42(38)46-40-29-15-13-25-36(40)37-26-14-16-30-41(37)46/h4-30H,3H2,1-2H3/b39-18+,44-31+,45-43-. The van der Waals surface area contributed by atoms with E-state index in [0.29, 0.717) is 5.84 Å². The van der Waals surface area contributed by atoms with Crippen molar-refractivity contribution in [3.8, 4) is 16.8 Å². The first-order chi connectivity index (χ1) is 22.7. The van der Waals surface area contributed by atoms with E-state index < -0.39 is 0 Å². The van der Waals surface area contributed by atoms with E-state index in [2.05, 4.69) is 170 Å². The Hall–Kier alpha value is -5.80. The number of allylic oxidation sites excluding steroid dienone is 1. The molecule has 0 N–H and O–H groups in total. The average Bonchev–Trinajstić information content (AvgIpc) is 3.46. The molecule has 3 heteroatoms. The van der Waals surface area contributed by atoms with Crippen molar-refractivity contribution >= 4 is 39.1 Å². The molecule has 46 heavy (non-hydrogen) atoms. The Morgan fingerprint density at radius 1 is 0.565 bits per heavy atom. The second kappa shape index (κ2) is 13.1. The summed E-state index contributed by atoms with van der Waals surface area (Å²) in [5, 5.41) is 2.43. The van der Waals surface area contributed by atoms with Gasteiger partial charge in [0.15, 0.2) is 5.84 Å². The first-order valence-corrected chi connectivity index (χ1v) is 15.9. The van der Waals surface area contributed by atoms with Crippen LogP contribution in [0.25, 0.3) is 44.3 Å². The lowest BCUT2D eigenvalue weighted by Crippen LogP contribution is -2.10. The SMILES string of the molecule is CC/C=C(/N=C(\N=C(/C)c1ccccc1)c1cccc(-c2ccccc2)c1-n1c2ccccc2c2ccccc21)c1ccccc1. The molecule has 0 saturated carbocycles. The van der Waals surface area contributed by atoms with Gasteiger partial charge in [0.2, 0.25) is 0 Å². The highest BCUT2D eigenvalue weighted by Gasteiger charge is 2.21. The minimum atomic E-state index is 0.666. The zero-order valence-electron chi connectivity index (χ0n) is 26.1. The molecule has 0 radical (unpaired) electrons. The molecule has 0 amide bonds. The Bertz CT molecular complexity index is 2170. The molecular weight excluding hydrogens is 558 g/mol. The number of benzene rings is 6. The largest absolute Gasteiger partial charge is 0.308 e. The van der Waals surface area contributed by atoms with Gasteiger partial charge in [-0.1, -0.05) is 153 Å². The molecule has 0 saturated heterocycles. The lowest BCUT2D eigenvalue weighted by molar-refractivity contribution is 1.17. The van der Waals surface area contributed by atoms with Gasteiger partial charge >= 0.3 is 0 Å². The lowest BCUT2D eigenvalue weighted by Gasteiger charge is -2.19. The summed E-state index contributed by atoms with van der Waals surface area (Å²) in [5.41, 5.74) is 10.5. The van der Waals surface area contributed by atoms with Crippen LogP contribution in [0, 0.1) is 0 Å². The predicted molar refractivity (Wildman–Crippen MR) is 196 cm³/mol. The van der Waals surface area contributed by atoms with Crippen LogP contribution in [0.4, 0.5) is 0 Å². The van der Waals surface area contributed by atoms with Gasteiger partial charge in [-0.15, -0.1) is 0 Å². The van der Waals surface area contributed by atoms with Gasteiger partial charge < -0.3 is 4.57 Å². The fraction of sp³-hybridized carbons (Fsp3) is 0.0698. The maximum absolute atomic E-state index is 5.41. The van der Waals surface area contributed by atoms with E-state index >= 15 is 0 Å². The van der Waals surface area contributed by atoms with Crippen molar-refractivity contribution in [1.29, 1.82) is 0 Å². The fourth-order valence-corrected chi connectivity index (χ4v) is 6.17. The molecule has 0 aliphatic heterocycles. The highest BCUT2D eigenvalue weighted by molar-refractivity contribution is 6.16. The van der Waals surface area contributed by atoms with Crippen LogP contribution in [0.1, 0.15) is 37.0 Å². The Morgan fingerprint density at radius 3 is 1.72 bits per heavy atom. The summed E-state index contributed by atoms with van der Waals surface area (Å²) in [6, 6.07) is 55.2. The van der Waals surface area contributed by atoms with E-state index in [1.165, 1.54) is 10.8 Å². The molecule has 7 rings (SSSR count). The normalized spacial score (nSPS) is 12.6. The third kappa shape index (κ3) is 5.60. The zero-order valence-corrected chi connectivity index (χ0v) is 26.1. The van der Waals surface area contributed by atoms with Gasteiger partial charge in [-0.3, -0.25) is 0 Å². The van der Waals surface area contributed by atoms with Crippen LogP contribution in [0.2, 0.25) is 0 Å². The number of hydrogen-bond acceptors (Lipinski definition) is 1. The molecular formula is C43H35N3. The second-order valence-electron chi connectivity index (χ2n) is 11.3. The third-order valence-corrected chi connectivity index (χ3v) is 8.32. The van der Waals surface area contributed by atoms with Crippen LogP contribution in [-0.2, 0) is 0 Å². The van der Waals surface area contributed by atoms with E-state index in [4.69, 9.17) is 9.98 Å². The average molecular weight is 594 g/mol. The van der Waals surface area contributed by atoms with Crippen LogP contribution in [-0.4, -0.2) is 16.1 Å². The number of rotatable bonds is 7. The van der Waals surface area contributed by atoms with E-state index in [9.17, 15) is 0 Å². The molecule has 1 heterocycles. The quantitative estimate of drug-likeness (QED) is 0.130. The van der Waals surface area contributed by atoms with Crippen molar-refractivity contribution in [2.75, 3.05) is 0 Å². The van der Waals surface area contributed by atoms with Gasteiger partial charge in [-0.2, -0.15) is 0 Å². The first kappa shape index (κ1) is 28.9. The number of nitrogens with zero attached hydrogens (tertiary/aromatic N) is 3. The minimum absolute atomic E-state index is 0.666. The molecule has 0 fully saturated rings. The highest BCUT2D eigenvalue weighted by Crippen LogP contribution is 2.38. The zero-order chi connectivity index (χ0) is 31.3. The lowest BCUT2D eigenvalue weighted by atomic mass is 9.98. The Labute approximate surface area is 270 Å². The van der Waals surface area contributed by atoms with E-state index in [1.807, 2.05) is 12.1 Å². The minimum Gasteiger partial charge on any atom is -0.308 e. The molecule has 0 aliphatic rings. The first-order valence-electron chi connectivity index (χ1n) is 15.9. The van der Waals surface area contributed by atoms with Crippen molar-refractivity contribution < 1.29 is 0 Å². The van der Waals surface area contributed by atoms with Gasteiger partial charge in [-0.05, 0) is 48.2 Å². The number of aliphatic imine (C=N–C) groups is 2.